The van der Waals surface area contributed by atoms with Crippen molar-refractivity contribution in [1.29, 1.82) is 0 Å². The lowest BCUT2D eigenvalue weighted by molar-refractivity contribution is -0.360. The maximum Gasteiger partial charge on any atom is 0.335 e. The van der Waals surface area contributed by atoms with Gasteiger partial charge in [-0.2, -0.15) is 0 Å². The fraction of sp³-hybridized carbons (Fsp3) is 0.560. The van der Waals surface area contributed by atoms with Crippen LogP contribution < -0.4 is 10.2 Å². The average Bonchev–Trinajstić information content (AvgIpc) is 3.32. The van der Waals surface area contributed by atoms with Gasteiger partial charge in [0.15, 0.2) is 0 Å². The minimum Gasteiger partial charge on any atom is -0.492 e. The van der Waals surface area contributed by atoms with Crippen molar-refractivity contribution in [3.63, 3.8) is 0 Å². The molecule has 16 nitrogen and oxygen atoms in total. The Morgan fingerprint density at radius 3 is 1.91 bits per heavy atom. The highest BCUT2D eigenvalue weighted by Gasteiger charge is 2.12. The van der Waals surface area contributed by atoms with Gasteiger partial charge >= 0.3 is 5.97 Å². The van der Waals surface area contributed by atoms with Crippen LogP contribution >= 0.6 is 21.6 Å². The van der Waals surface area contributed by atoms with Gasteiger partial charge in [-0.05, 0) is 22.9 Å². The van der Waals surface area contributed by atoms with Crippen LogP contribution in [0.25, 0.3) is 0 Å². The van der Waals surface area contributed by atoms with Gasteiger partial charge in [-0.1, -0.05) is 16.9 Å². The van der Waals surface area contributed by atoms with E-state index in [2.05, 4.69) is 10.3 Å². The van der Waals surface area contributed by atoms with Crippen LogP contribution in [-0.2, 0) is 48.4 Å². The molecule has 0 radical (unpaired) electrons. The third-order valence-electron chi connectivity index (χ3n) is 4.58. The molecule has 2 aromatic heterocycles. The molecule has 2 rings (SSSR count). The highest BCUT2D eigenvalue weighted by molar-refractivity contribution is 8.76. The Bertz CT molecular complexity index is 985. The molecule has 242 valence electrons. The molecule has 0 aliphatic rings. The van der Waals surface area contributed by atoms with Crippen LogP contribution in [0.3, 0.4) is 0 Å². The van der Waals surface area contributed by atoms with E-state index in [0.29, 0.717) is 36.7 Å². The molecule has 0 aliphatic carbocycles. The number of nitrogens with one attached hydrogen (secondary N) is 1. The number of aromatic hydroxyl groups is 2. The first kappa shape index (κ1) is 36.5. The average molecular weight is 652 g/mol. The Labute approximate surface area is 256 Å². The van der Waals surface area contributed by atoms with Crippen molar-refractivity contribution in [2.24, 2.45) is 0 Å². The van der Waals surface area contributed by atoms with Gasteiger partial charge < -0.3 is 29.8 Å². The Balaban J connectivity index is 1.22. The summed E-state index contributed by atoms with van der Waals surface area (Å²) < 4.78 is 11.2. The number of carbonyl (C=O) groups excluding carboxylic acids is 2. The first-order valence-electron chi connectivity index (χ1n) is 13.2. The SMILES string of the molecule is O=C(CCSSc1ccccn1)NCCOCCOOCCOOCCOOCCOCCC(=O)On1c(O)ccc1O. The maximum atomic E-state index is 11.8. The molecule has 2 aromatic rings. The van der Waals surface area contributed by atoms with Crippen molar-refractivity contribution in [3.8, 4) is 11.8 Å². The van der Waals surface area contributed by atoms with E-state index in [0.717, 1.165) is 5.03 Å². The fourth-order valence-corrected chi connectivity index (χ4v) is 4.53. The minimum atomic E-state index is -0.699. The number of hydrogen-bond acceptors (Lipinski definition) is 16. The summed E-state index contributed by atoms with van der Waals surface area (Å²) in [6.07, 6.45) is 2.06. The van der Waals surface area contributed by atoms with E-state index >= 15 is 0 Å². The van der Waals surface area contributed by atoms with Crippen molar-refractivity contribution < 1.29 is 63.4 Å². The molecule has 43 heavy (non-hydrogen) atoms. The summed E-state index contributed by atoms with van der Waals surface area (Å²) in [6, 6.07) is 8.07. The second-order valence-electron chi connectivity index (χ2n) is 7.89. The largest absolute Gasteiger partial charge is 0.492 e. The van der Waals surface area contributed by atoms with Gasteiger partial charge in [-0.15, -0.1) is 4.73 Å². The normalized spacial score (nSPS) is 11.1. The van der Waals surface area contributed by atoms with E-state index in [-0.39, 0.29) is 65.2 Å². The molecule has 0 bridgehead atoms. The lowest BCUT2D eigenvalue weighted by atomic mass is 10.4. The second kappa shape index (κ2) is 24.8. The molecule has 0 unspecified atom stereocenters. The molecular formula is C25H37N3O13S2. The number of amides is 1. The molecule has 3 N–H and O–H groups in total. The Morgan fingerprint density at radius 1 is 0.744 bits per heavy atom. The Morgan fingerprint density at radius 2 is 1.33 bits per heavy atom. The van der Waals surface area contributed by atoms with Crippen LogP contribution in [0.4, 0.5) is 0 Å². The van der Waals surface area contributed by atoms with E-state index < -0.39 is 17.7 Å². The molecule has 0 saturated heterocycles. The van der Waals surface area contributed by atoms with Crippen LogP contribution in [-0.4, -0.2) is 110 Å². The highest BCUT2D eigenvalue weighted by Crippen LogP contribution is 2.29. The Hall–Kier alpha value is -2.65. The van der Waals surface area contributed by atoms with Gasteiger partial charge in [-0.3, -0.25) is 4.79 Å². The van der Waals surface area contributed by atoms with Crippen LogP contribution in [0.5, 0.6) is 11.8 Å². The summed E-state index contributed by atoms with van der Waals surface area (Å²) in [5.74, 6) is -0.842. The molecule has 18 heteroatoms. The lowest BCUT2D eigenvalue weighted by Crippen LogP contribution is -2.27. The number of aromatic nitrogens is 2. The zero-order valence-corrected chi connectivity index (χ0v) is 25.1. The van der Waals surface area contributed by atoms with E-state index in [1.165, 1.54) is 12.1 Å². The van der Waals surface area contributed by atoms with Crippen LogP contribution in [0.1, 0.15) is 12.8 Å². The summed E-state index contributed by atoms with van der Waals surface area (Å²) in [4.78, 5) is 61.8. The van der Waals surface area contributed by atoms with Gasteiger partial charge in [0.2, 0.25) is 17.7 Å². The second-order valence-corrected chi connectivity index (χ2v) is 10.3. The predicted octanol–water partition coefficient (Wildman–Crippen LogP) is 1.46. The summed E-state index contributed by atoms with van der Waals surface area (Å²) in [6.45, 7) is 2.13. The number of hydrogen-bond donors (Lipinski definition) is 3. The summed E-state index contributed by atoms with van der Waals surface area (Å²) in [7, 11) is 3.13. The van der Waals surface area contributed by atoms with Crippen LogP contribution in [0.15, 0.2) is 41.6 Å². The number of nitrogens with zero attached hydrogens (tertiary/aromatic N) is 2. The number of rotatable bonds is 27. The smallest absolute Gasteiger partial charge is 0.335 e. The first-order chi connectivity index (χ1) is 21.1. The monoisotopic (exact) mass is 651 g/mol. The van der Waals surface area contributed by atoms with Gasteiger partial charge in [0.05, 0.1) is 32.8 Å². The topological polar surface area (TPSA) is 188 Å². The van der Waals surface area contributed by atoms with Crippen molar-refractivity contribution in [1.82, 2.24) is 15.0 Å². The van der Waals surface area contributed by atoms with Gasteiger partial charge in [0.25, 0.3) is 0 Å². The van der Waals surface area contributed by atoms with Crippen molar-refractivity contribution in [2.45, 2.75) is 17.9 Å². The molecule has 0 aliphatic heterocycles. The molecule has 0 spiro atoms. The van der Waals surface area contributed by atoms with Gasteiger partial charge in [-0.25, -0.2) is 39.1 Å². The molecule has 0 fully saturated rings. The maximum absolute atomic E-state index is 11.8. The quantitative estimate of drug-likeness (QED) is 0.0545. The van der Waals surface area contributed by atoms with Crippen LogP contribution in [0.2, 0.25) is 0 Å². The van der Waals surface area contributed by atoms with E-state index in [9.17, 15) is 19.8 Å². The summed E-state index contributed by atoms with van der Waals surface area (Å²) in [5, 5.41) is 22.5. The summed E-state index contributed by atoms with van der Waals surface area (Å²) >= 11 is 0. The van der Waals surface area contributed by atoms with Crippen LogP contribution in [0, 0.1) is 0 Å². The zero-order chi connectivity index (χ0) is 30.8. The molecule has 0 saturated carbocycles. The number of carbonyl (C=O) groups is 2. The number of ether oxygens (including phenoxy) is 2. The van der Waals surface area contributed by atoms with E-state index in [1.54, 1.807) is 27.8 Å². The number of pyridine rings is 1. The van der Waals surface area contributed by atoms with Gasteiger partial charge in [0.1, 0.15) is 44.7 Å². The fourth-order valence-electron chi connectivity index (χ4n) is 2.66. The summed E-state index contributed by atoms with van der Waals surface area (Å²) in [5.41, 5.74) is 0. The van der Waals surface area contributed by atoms with Crippen molar-refractivity contribution in [3.05, 3.63) is 36.5 Å². The van der Waals surface area contributed by atoms with Crippen molar-refractivity contribution >= 4 is 33.5 Å². The molecule has 1 amide bonds. The molecular weight excluding hydrogens is 614 g/mol. The van der Waals surface area contributed by atoms with Gasteiger partial charge in [0, 0.05) is 37.0 Å². The third kappa shape index (κ3) is 19.3. The van der Waals surface area contributed by atoms with E-state index in [4.69, 9.17) is 43.6 Å². The zero-order valence-electron chi connectivity index (χ0n) is 23.5. The third-order valence-corrected chi connectivity index (χ3v) is 6.84. The lowest BCUT2D eigenvalue weighted by Gasteiger charge is -2.08. The van der Waals surface area contributed by atoms with Crippen molar-refractivity contribution in [2.75, 3.05) is 78.4 Å². The predicted molar refractivity (Wildman–Crippen MR) is 151 cm³/mol. The molecule has 0 atom stereocenters. The standard InChI is InChI=1S/C25H37N3O13S2/c29-21(7-20-42-43-22-3-1-2-8-27-22)26-9-11-34-13-15-36-38-17-19-40-39-18-16-37-35-14-12-33-10-6-25(32)41-28-23(30)4-5-24(28)31/h1-5,8,30-31H,6-7,9-20H2,(H,26,29). The highest BCUT2D eigenvalue weighted by atomic mass is 33.1. The minimum absolute atomic E-state index is 0.0292. The molecule has 2 heterocycles. The first-order valence-corrected chi connectivity index (χ1v) is 15.5. The Kier molecular flexibility index (Phi) is 21.0. The molecule has 0 aromatic carbocycles. The van der Waals surface area contributed by atoms with E-state index in [1.807, 2.05) is 18.2 Å².